The van der Waals surface area contributed by atoms with Crippen molar-refractivity contribution in [3.8, 4) is 17.1 Å². The minimum Gasteiger partial charge on any atom is -0.481 e. The van der Waals surface area contributed by atoms with Crippen LogP contribution in [0.2, 0.25) is 0 Å². The highest BCUT2D eigenvalue weighted by molar-refractivity contribution is 6.00. The van der Waals surface area contributed by atoms with Gasteiger partial charge in [-0.05, 0) is 75.9 Å². The molecule has 0 radical (unpaired) electrons. The molecule has 18 nitrogen and oxygen atoms in total. The molecule has 4 N–H and O–H groups in total. The Bertz CT molecular complexity index is 2330. The Labute approximate surface area is 395 Å². The lowest BCUT2D eigenvalue weighted by Crippen LogP contribution is -2.51. The fourth-order valence-electron chi connectivity index (χ4n) is 6.84. The van der Waals surface area contributed by atoms with E-state index in [1.807, 2.05) is 19.1 Å². The van der Waals surface area contributed by atoms with Crippen molar-refractivity contribution in [2.24, 2.45) is 5.92 Å². The molecule has 0 aliphatic rings. The van der Waals surface area contributed by atoms with Gasteiger partial charge in [0.1, 0.15) is 36.5 Å². The van der Waals surface area contributed by atoms with Gasteiger partial charge in [-0.15, -0.1) is 0 Å². The van der Waals surface area contributed by atoms with Crippen LogP contribution in [0.5, 0.6) is 5.75 Å². The summed E-state index contributed by atoms with van der Waals surface area (Å²) in [6, 6.07) is 22.8. The Morgan fingerprint density at radius 1 is 0.794 bits per heavy atom. The molecule has 0 bridgehead atoms. The number of benzene rings is 3. The topological polar surface area (TPSA) is 238 Å². The number of ether oxygens (including phenoxy) is 3. The molecule has 3 atom stereocenters. The van der Waals surface area contributed by atoms with E-state index in [0.717, 1.165) is 23.5 Å². The molecule has 0 aliphatic carbocycles. The lowest BCUT2D eigenvalue weighted by atomic mass is 9.90. The summed E-state index contributed by atoms with van der Waals surface area (Å²) in [6.07, 6.45) is 2.19. The van der Waals surface area contributed by atoms with Gasteiger partial charge >= 0.3 is 18.0 Å². The van der Waals surface area contributed by atoms with E-state index in [0.29, 0.717) is 30.4 Å². The first-order chi connectivity index (χ1) is 32.5. The van der Waals surface area contributed by atoms with Gasteiger partial charge in [-0.25, -0.2) is 14.4 Å². The number of Topliss-reactive ketones (excluding diaryl/α,β-unsaturated/α-hetero) is 1. The number of unbranched alkanes of at least 4 members (excludes halogenated alkanes) is 2. The number of hydrogen-bond donors (Lipinski definition) is 4. The molecule has 4 aromatic rings. The monoisotopic (exact) mass is 939 g/mol. The molecule has 364 valence electrons. The number of hydroxylamine groups is 2. The molecule has 4 rings (SSSR count). The second-order valence-corrected chi connectivity index (χ2v) is 16.9. The highest BCUT2D eigenvalue weighted by Gasteiger charge is 2.34. The van der Waals surface area contributed by atoms with Gasteiger partial charge in [0.15, 0.2) is 12.4 Å². The first kappa shape index (κ1) is 53.1. The second kappa shape index (κ2) is 26.6. The van der Waals surface area contributed by atoms with Crippen LogP contribution < -0.4 is 26.0 Å². The fourth-order valence-corrected chi connectivity index (χ4v) is 6.84. The van der Waals surface area contributed by atoms with E-state index in [1.54, 1.807) is 76.2 Å². The lowest BCUT2D eigenvalue weighted by Gasteiger charge is -2.32. The zero-order valence-corrected chi connectivity index (χ0v) is 39.3. The summed E-state index contributed by atoms with van der Waals surface area (Å²) in [5.74, 6) is -4.83. The van der Waals surface area contributed by atoms with Crippen molar-refractivity contribution in [1.82, 2.24) is 26.3 Å². The molecule has 1 heterocycles. The van der Waals surface area contributed by atoms with Gasteiger partial charge in [-0.1, -0.05) is 99.8 Å². The number of esters is 2. The fraction of sp³-hybridized carbons (Fsp3) is 0.400. The molecule has 68 heavy (non-hydrogen) atoms. The second-order valence-electron chi connectivity index (χ2n) is 16.9. The van der Waals surface area contributed by atoms with Gasteiger partial charge in [-0.2, -0.15) is 5.06 Å². The molecule has 0 aliphatic heterocycles. The average molecular weight is 940 g/mol. The Morgan fingerprint density at radius 2 is 1.46 bits per heavy atom. The number of amides is 5. The number of hydrogen-bond acceptors (Lipinski definition) is 13. The van der Waals surface area contributed by atoms with Crippen LogP contribution in [-0.2, 0) is 51.5 Å². The summed E-state index contributed by atoms with van der Waals surface area (Å²) in [4.78, 5) is 109. The highest BCUT2D eigenvalue weighted by atomic mass is 16.7. The molecule has 1 aromatic heterocycles. The summed E-state index contributed by atoms with van der Waals surface area (Å²) in [5.41, 5.74) is 1.02. The Kier molecular flexibility index (Phi) is 20.8. The van der Waals surface area contributed by atoms with Gasteiger partial charge in [0, 0.05) is 17.5 Å². The minimum absolute atomic E-state index is 0.0282. The first-order valence-corrected chi connectivity index (χ1v) is 22.4. The molecular formula is C50H61N5O13. The van der Waals surface area contributed by atoms with Crippen molar-refractivity contribution in [2.45, 2.75) is 111 Å². The number of ketones is 1. The minimum atomic E-state index is -1.35. The number of nitrogens with zero attached hydrogens (tertiary/aromatic N) is 1. The Morgan fingerprint density at radius 3 is 2.06 bits per heavy atom. The van der Waals surface area contributed by atoms with Gasteiger partial charge in [0.25, 0.3) is 11.8 Å². The molecular weight excluding hydrogens is 879 g/mol. The van der Waals surface area contributed by atoms with Crippen LogP contribution in [0.1, 0.15) is 112 Å². The molecule has 5 amide bonds. The molecule has 18 heteroatoms. The van der Waals surface area contributed by atoms with Crippen molar-refractivity contribution in [3.63, 3.8) is 0 Å². The molecule has 0 fully saturated rings. The Balaban J connectivity index is 1.49. The third-order valence-corrected chi connectivity index (χ3v) is 10.2. The van der Waals surface area contributed by atoms with E-state index in [9.17, 15) is 38.4 Å². The van der Waals surface area contributed by atoms with E-state index in [1.165, 1.54) is 37.3 Å². The van der Waals surface area contributed by atoms with Crippen LogP contribution in [0.25, 0.3) is 11.3 Å². The van der Waals surface area contributed by atoms with Crippen LogP contribution in [0.4, 0.5) is 4.79 Å². The van der Waals surface area contributed by atoms with Crippen molar-refractivity contribution >= 4 is 47.9 Å². The predicted molar refractivity (Wildman–Crippen MR) is 248 cm³/mol. The van der Waals surface area contributed by atoms with E-state index in [2.05, 4.69) is 21.3 Å². The smallest absolute Gasteiger partial charge is 0.432 e. The highest BCUT2D eigenvalue weighted by Crippen LogP contribution is 2.30. The maximum atomic E-state index is 13.8. The van der Waals surface area contributed by atoms with E-state index in [-0.39, 0.29) is 61.3 Å². The summed E-state index contributed by atoms with van der Waals surface area (Å²) < 4.78 is 22.5. The number of carbonyl (C=O) groups is 8. The quantitative estimate of drug-likeness (QED) is 0.0172. The summed E-state index contributed by atoms with van der Waals surface area (Å²) >= 11 is 0. The van der Waals surface area contributed by atoms with Crippen LogP contribution in [-0.4, -0.2) is 83.9 Å². The van der Waals surface area contributed by atoms with Crippen LogP contribution in [0, 0.1) is 5.92 Å². The number of carbonyl (C=O) groups excluding carboxylic acids is 8. The normalized spacial score (nSPS) is 12.3. The molecule has 0 spiro atoms. The van der Waals surface area contributed by atoms with Gasteiger partial charge in [0.2, 0.25) is 12.3 Å². The maximum Gasteiger partial charge on any atom is 0.432 e. The standard InChI is InChI=1S/C50H61N5O13/c1-7-9-12-21-37(40(8-2)55(32-56)68-49(63)54-50(4,5)6)45(59)51-31-52-47(61)42-25-24-41(67-42)36-22-23-38(43(27-36)64-30-44(58)65-28-34-17-13-10-14-18-34)46(60)53-39(26-33(3)57)48(62)66-29-35-19-15-11-16-20-35/h10-11,13-20,22-25,27,32,37,39-40H,7-9,12,21,26,28-31H2,1-6H3,(H,51,59)(H,52,61)(H,53,60)(H,54,63)/t37-,39+,40-/m1/s1. The predicted octanol–water partition coefficient (Wildman–Crippen LogP) is 6.57. The van der Waals surface area contributed by atoms with Crippen molar-refractivity contribution in [2.75, 3.05) is 13.3 Å². The SMILES string of the molecule is CCCCC[C@@H](C(=O)NCNC(=O)c1ccc(-c2ccc(C(=O)N[C@@H](CC(C)=O)C(=O)OCc3ccccc3)c(OCC(=O)OCc3ccccc3)c2)o1)[C@@H](CC)N(C=O)OC(=O)NC(C)(C)C. The molecule has 0 unspecified atom stereocenters. The van der Waals surface area contributed by atoms with Crippen molar-refractivity contribution in [1.29, 1.82) is 0 Å². The van der Waals surface area contributed by atoms with Crippen molar-refractivity contribution in [3.05, 3.63) is 113 Å². The zero-order valence-electron chi connectivity index (χ0n) is 39.3. The molecule has 0 saturated heterocycles. The molecule has 3 aromatic carbocycles. The summed E-state index contributed by atoms with van der Waals surface area (Å²) in [5, 5.41) is 11.3. The zero-order chi connectivity index (χ0) is 49.6. The number of furan rings is 1. The summed E-state index contributed by atoms with van der Waals surface area (Å²) in [6.45, 7) is 9.26. The van der Waals surface area contributed by atoms with E-state index < -0.39 is 65.9 Å². The van der Waals surface area contributed by atoms with Gasteiger partial charge < -0.3 is 44.7 Å². The largest absolute Gasteiger partial charge is 0.481 e. The summed E-state index contributed by atoms with van der Waals surface area (Å²) in [7, 11) is 0. The third-order valence-electron chi connectivity index (χ3n) is 10.2. The van der Waals surface area contributed by atoms with Gasteiger partial charge in [0.05, 0.1) is 24.2 Å². The van der Waals surface area contributed by atoms with Crippen LogP contribution >= 0.6 is 0 Å². The third kappa shape index (κ3) is 17.4. The number of nitrogens with one attached hydrogen (secondary N) is 4. The van der Waals surface area contributed by atoms with Crippen LogP contribution in [0.3, 0.4) is 0 Å². The average Bonchev–Trinajstić information content (AvgIpc) is 3.81. The Hall–Kier alpha value is -7.50. The van der Waals surface area contributed by atoms with Crippen molar-refractivity contribution < 1.29 is 61.8 Å². The molecule has 0 saturated carbocycles. The van der Waals surface area contributed by atoms with Gasteiger partial charge in [-0.3, -0.25) is 24.0 Å². The van der Waals surface area contributed by atoms with E-state index >= 15 is 0 Å². The number of rotatable bonds is 26. The first-order valence-electron chi connectivity index (χ1n) is 22.4. The lowest BCUT2D eigenvalue weighted by molar-refractivity contribution is -0.169. The van der Waals surface area contributed by atoms with E-state index in [4.69, 9.17) is 23.5 Å². The maximum absolute atomic E-state index is 13.8. The van der Waals surface area contributed by atoms with Crippen LogP contribution in [0.15, 0.2) is 95.4 Å².